The van der Waals surface area contributed by atoms with Crippen LogP contribution in [0.25, 0.3) is 0 Å². The summed E-state index contributed by atoms with van der Waals surface area (Å²) in [7, 11) is 0. The summed E-state index contributed by atoms with van der Waals surface area (Å²) in [5.74, 6) is 0.899. The summed E-state index contributed by atoms with van der Waals surface area (Å²) in [5.41, 5.74) is 7.40. The van der Waals surface area contributed by atoms with Crippen LogP contribution in [0.4, 0.5) is 0 Å². The second-order valence-corrected chi connectivity index (χ2v) is 8.96. The maximum absolute atomic E-state index is 6.30. The van der Waals surface area contributed by atoms with Crippen molar-refractivity contribution in [3.05, 3.63) is 0 Å². The lowest BCUT2D eigenvalue weighted by Gasteiger charge is -2.57. The van der Waals surface area contributed by atoms with Gasteiger partial charge in [0.1, 0.15) is 0 Å². The van der Waals surface area contributed by atoms with Crippen molar-refractivity contribution in [1.29, 1.82) is 0 Å². The Morgan fingerprint density at radius 2 is 1.42 bits per heavy atom. The van der Waals surface area contributed by atoms with Gasteiger partial charge in [0.2, 0.25) is 0 Å². The molecule has 0 unspecified atom stereocenters. The molecule has 0 aromatic heterocycles. The first-order chi connectivity index (χ1) is 8.68. The molecule has 1 aliphatic heterocycles. The molecular formula is C17H34N2. The van der Waals surface area contributed by atoms with E-state index in [9.17, 15) is 0 Å². The molecule has 2 aliphatic rings. The minimum absolute atomic E-state index is 0.255. The van der Waals surface area contributed by atoms with Crippen LogP contribution in [0.15, 0.2) is 0 Å². The van der Waals surface area contributed by atoms with Crippen LogP contribution in [0, 0.1) is 16.7 Å². The summed E-state index contributed by atoms with van der Waals surface area (Å²) in [4.78, 5) is 2.75. The third-order valence-electron chi connectivity index (χ3n) is 5.41. The highest BCUT2D eigenvalue weighted by Crippen LogP contribution is 2.52. The van der Waals surface area contributed by atoms with Gasteiger partial charge < -0.3 is 5.73 Å². The largest absolute Gasteiger partial charge is 0.329 e. The molecule has 0 aromatic rings. The minimum Gasteiger partial charge on any atom is -0.329 e. The molecule has 1 saturated heterocycles. The van der Waals surface area contributed by atoms with E-state index in [2.05, 4.69) is 39.5 Å². The van der Waals surface area contributed by atoms with Crippen molar-refractivity contribution >= 4 is 0 Å². The number of hydrogen-bond acceptors (Lipinski definition) is 2. The molecule has 19 heavy (non-hydrogen) atoms. The molecule has 2 rings (SSSR count). The molecule has 1 heterocycles. The second kappa shape index (κ2) is 5.04. The van der Waals surface area contributed by atoms with E-state index < -0.39 is 0 Å². The lowest BCUT2D eigenvalue weighted by molar-refractivity contribution is -0.0553. The molecule has 0 spiro atoms. The lowest BCUT2D eigenvalue weighted by atomic mass is 9.57. The quantitative estimate of drug-likeness (QED) is 0.826. The van der Waals surface area contributed by atoms with E-state index >= 15 is 0 Å². The van der Waals surface area contributed by atoms with Gasteiger partial charge in [-0.05, 0) is 61.9 Å². The standard InChI is InChI=1S/C17H34N2/c1-14-6-8-19(9-7-14)17(13-18)11-15(2,3)10-16(4,5)12-17/h14H,6-13,18H2,1-5H3. The van der Waals surface area contributed by atoms with Gasteiger partial charge in [-0.25, -0.2) is 0 Å². The molecule has 2 nitrogen and oxygen atoms in total. The van der Waals surface area contributed by atoms with E-state index in [-0.39, 0.29) is 5.54 Å². The van der Waals surface area contributed by atoms with Crippen LogP contribution in [0.5, 0.6) is 0 Å². The van der Waals surface area contributed by atoms with Crippen molar-refractivity contribution in [2.24, 2.45) is 22.5 Å². The Balaban J connectivity index is 2.21. The van der Waals surface area contributed by atoms with E-state index in [0.29, 0.717) is 10.8 Å². The first-order valence-corrected chi connectivity index (χ1v) is 8.13. The molecule has 2 N–H and O–H groups in total. The van der Waals surface area contributed by atoms with Crippen molar-refractivity contribution < 1.29 is 0 Å². The number of rotatable bonds is 2. The van der Waals surface area contributed by atoms with Crippen LogP contribution in [-0.4, -0.2) is 30.1 Å². The zero-order valence-corrected chi connectivity index (χ0v) is 13.8. The summed E-state index contributed by atoms with van der Waals surface area (Å²) in [5, 5.41) is 0. The Morgan fingerprint density at radius 3 is 1.84 bits per heavy atom. The number of likely N-dealkylation sites (tertiary alicyclic amines) is 1. The van der Waals surface area contributed by atoms with Crippen molar-refractivity contribution in [3.8, 4) is 0 Å². The van der Waals surface area contributed by atoms with Crippen molar-refractivity contribution in [1.82, 2.24) is 4.90 Å². The SMILES string of the molecule is CC1CCN(C2(CN)CC(C)(C)CC(C)(C)C2)CC1. The van der Waals surface area contributed by atoms with Crippen molar-refractivity contribution in [2.75, 3.05) is 19.6 Å². The minimum atomic E-state index is 0.255. The van der Waals surface area contributed by atoms with Gasteiger partial charge in [-0.2, -0.15) is 0 Å². The van der Waals surface area contributed by atoms with Gasteiger partial charge in [0.05, 0.1) is 0 Å². The maximum Gasteiger partial charge on any atom is 0.0341 e. The van der Waals surface area contributed by atoms with Gasteiger partial charge in [-0.1, -0.05) is 34.6 Å². The Hall–Kier alpha value is -0.0800. The average Bonchev–Trinajstić information content (AvgIpc) is 2.25. The highest BCUT2D eigenvalue weighted by Gasteiger charge is 2.49. The Bertz CT molecular complexity index is 295. The van der Waals surface area contributed by atoms with Crippen LogP contribution < -0.4 is 5.73 Å². The molecule has 0 radical (unpaired) electrons. The molecule has 0 amide bonds. The lowest BCUT2D eigenvalue weighted by Crippen LogP contribution is -2.62. The normalized spacial score (nSPS) is 31.3. The fraction of sp³-hybridized carbons (Fsp3) is 1.00. The zero-order chi connectivity index (χ0) is 14.3. The molecule has 2 fully saturated rings. The topological polar surface area (TPSA) is 29.3 Å². The Kier molecular flexibility index (Phi) is 4.06. The highest BCUT2D eigenvalue weighted by molar-refractivity contribution is 5.05. The summed E-state index contributed by atoms with van der Waals surface area (Å²) >= 11 is 0. The van der Waals surface area contributed by atoms with Crippen LogP contribution in [0.2, 0.25) is 0 Å². The number of nitrogens with zero attached hydrogens (tertiary/aromatic N) is 1. The first-order valence-electron chi connectivity index (χ1n) is 8.13. The Morgan fingerprint density at radius 1 is 0.947 bits per heavy atom. The maximum atomic E-state index is 6.30. The van der Waals surface area contributed by atoms with Crippen molar-refractivity contribution in [3.63, 3.8) is 0 Å². The van der Waals surface area contributed by atoms with E-state index in [1.807, 2.05) is 0 Å². The van der Waals surface area contributed by atoms with Crippen LogP contribution in [0.1, 0.15) is 66.7 Å². The first kappa shape index (κ1) is 15.3. The molecule has 0 aromatic carbocycles. The molecule has 0 bridgehead atoms. The number of nitrogens with two attached hydrogens (primary N) is 1. The second-order valence-electron chi connectivity index (χ2n) is 8.96. The van der Waals surface area contributed by atoms with Crippen LogP contribution in [-0.2, 0) is 0 Å². The van der Waals surface area contributed by atoms with Gasteiger partial charge in [0, 0.05) is 12.1 Å². The summed E-state index contributed by atoms with van der Waals surface area (Å²) in [6.45, 7) is 15.5. The Labute approximate surface area is 120 Å². The number of piperidine rings is 1. The fourth-order valence-electron chi connectivity index (χ4n) is 5.24. The van der Waals surface area contributed by atoms with Gasteiger partial charge in [-0.15, -0.1) is 0 Å². The van der Waals surface area contributed by atoms with Gasteiger partial charge in [-0.3, -0.25) is 4.90 Å². The molecular weight excluding hydrogens is 232 g/mol. The third-order valence-corrected chi connectivity index (χ3v) is 5.41. The van der Waals surface area contributed by atoms with Crippen molar-refractivity contribution in [2.45, 2.75) is 72.3 Å². The molecule has 1 saturated carbocycles. The van der Waals surface area contributed by atoms with Crippen LogP contribution >= 0.6 is 0 Å². The summed E-state index contributed by atoms with van der Waals surface area (Å²) < 4.78 is 0. The predicted molar refractivity (Wildman–Crippen MR) is 83.2 cm³/mol. The molecule has 1 aliphatic carbocycles. The predicted octanol–water partition coefficient (Wildman–Crippen LogP) is 3.65. The van der Waals surface area contributed by atoms with E-state index in [1.165, 1.54) is 45.2 Å². The highest BCUT2D eigenvalue weighted by atomic mass is 15.2. The van der Waals surface area contributed by atoms with Gasteiger partial charge in [0.25, 0.3) is 0 Å². The summed E-state index contributed by atoms with van der Waals surface area (Å²) in [6.07, 6.45) is 6.57. The molecule has 2 heteroatoms. The third kappa shape index (κ3) is 3.33. The molecule has 112 valence electrons. The van der Waals surface area contributed by atoms with Crippen LogP contribution in [0.3, 0.4) is 0 Å². The van der Waals surface area contributed by atoms with E-state index in [0.717, 1.165) is 12.5 Å². The monoisotopic (exact) mass is 266 g/mol. The smallest absolute Gasteiger partial charge is 0.0341 e. The van der Waals surface area contributed by atoms with Gasteiger partial charge >= 0.3 is 0 Å². The molecule has 0 atom stereocenters. The number of hydrogen-bond donors (Lipinski definition) is 1. The summed E-state index contributed by atoms with van der Waals surface area (Å²) in [6, 6.07) is 0. The van der Waals surface area contributed by atoms with E-state index in [4.69, 9.17) is 5.73 Å². The average molecular weight is 266 g/mol. The van der Waals surface area contributed by atoms with Gasteiger partial charge in [0.15, 0.2) is 0 Å². The van der Waals surface area contributed by atoms with E-state index in [1.54, 1.807) is 0 Å². The zero-order valence-electron chi connectivity index (χ0n) is 13.8. The fourth-order valence-corrected chi connectivity index (χ4v) is 5.24.